The zero-order valence-electron chi connectivity index (χ0n) is 5.82. The fourth-order valence-electron chi connectivity index (χ4n) is 0.531. The van der Waals surface area contributed by atoms with E-state index < -0.39 is 0 Å². The molecule has 5 N–H and O–H groups in total. The minimum Gasteiger partial charge on any atom is -0.369 e. The van der Waals surface area contributed by atoms with Crippen molar-refractivity contribution in [1.29, 1.82) is 0 Å². The standard InChI is InChI=1S/C5H9N5O/c6-5(9-7)8-3-4-1-2-11-10-4/h1-2H,3,7H2,(H3,6,8,9). The van der Waals surface area contributed by atoms with E-state index in [1.54, 1.807) is 6.07 Å². The Bertz CT molecular complexity index is 229. The molecule has 6 nitrogen and oxygen atoms in total. The first-order chi connectivity index (χ1) is 5.33. The molecular formula is C5H9N5O. The lowest BCUT2D eigenvalue weighted by molar-refractivity contribution is 0.412. The average Bonchev–Trinajstić information content (AvgIpc) is 2.52. The van der Waals surface area contributed by atoms with Crippen LogP contribution in [0.15, 0.2) is 21.8 Å². The quantitative estimate of drug-likeness (QED) is 0.219. The van der Waals surface area contributed by atoms with Gasteiger partial charge in [-0.25, -0.2) is 10.8 Å². The molecule has 0 unspecified atom stereocenters. The van der Waals surface area contributed by atoms with Crippen molar-refractivity contribution in [2.45, 2.75) is 6.54 Å². The van der Waals surface area contributed by atoms with Gasteiger partial charge in [0.25, 0.3) is 0 Å². The van der Waals surface area contributed by atoms with Crippen LogP contribution in [0.3, 0.4) is 0 Å². The molecule has 1 rings (SSSR count). The van der Waals surface area contributed by atoms with Crippen LogP contribution >= 0.6 is 0 Å². The second-order valence-corrected chi connectivity index (χ2v) is 1.84. The molecule has 11 heavy (non-hydrogen) atoms. The van der Waals surface area contributed by atoms with Crippen molar-refractivity contribution >= 4 is 5.96 Å². The van der Waals surface area contributed by atoms with Gasteiger partial charge in [0.1, 0.15) is 12.0 Å². The van der Waals surface area contributed by atoms with E-state index in [0.29, 0.717) is 12.2 Å². The van der Waals surface area contributed by atoms with E-state index in [-0.39, 0.29) is 5.96 Å². The molecule has 60 valence electrons. The third kappa shape index (κ3) is 2.26. The Balaban J connectivity index is 2.45. The van der Waals surface area contributed by atoms with Gasteiger partial charge in [-0.1, -0.05) is 5.16 Å². The maximum Gasteiger partial charge on any atom is 0.203 e. The molecule has 0 bridgehead atoms. The van der Waals surface area contributed by atoms with Crippen molar-refractivity contribution in [1.82, 2.24) is 10.6 Å². The molecule has 0 aliphatic heterocycles. The second-order valence-electron chi connectivity index (χ2n) is 1.84. The highest BCUT2D eigenvalue weighted by Gasteiger charge is 1.93. The summed E-state index contributed by atoms with van der Waals surface area (Å²) < 4.78 is 4.57. The van der Waals surface area contributed by atoms with Crippen molar-refractivity contribution in [3.63, 3.8) is 0 Å². The monoisotopic (exact) mass is 155 g/mol. The SMILES string of the molecule is NNC(N)=NCc1ccon1. The summed E-state index contributed by atoms with van der Waals surface area (Å²) in [5, 5.41) is 3.62. The Hall–Kier alpha value is -1.56. The largest absolute Gasteiger partial charge is 0.369 e. The van der Waals surface area contributed by atoms with Gasteiger partial charge in [0.05, 0.1) is 6.54 Å². The summed E-state index contributed by atoms with van der Waals surface area (Å²) in [6.45, 7) is 0.368. The number of hydrogen-bond donors (Lipinski definition) is 3. The lowest BCUT2D eigenvalue weighted by Crippen LogP contribution is -2.37. The Kier molecular flexibility index (Phi) is 2.45. The first-order valence-electron chi connectivity index (χ1n) is 2.98. The molecule has 0 saturated heterocycles. The number of aromatic nitrogens is 1. The molecule has 1 aromatic rings. The molecule has 0 amide bonds. The van der Waals surface area contributed by atoms with Gasteiger partial charge in [0.15, 0.2) is 0 Å². The van der Waals surface area contributed by atoms with Gasteiger partial charge in [-0.3, -0.25) is 5.43 Å². The summed E-state index contributed by atoms with van der Waals surface area (Å²) in [6, 6.07) is 1.70. The third-order valence-corrected chi connectivity index (χ3v) is 1.05. The lowest BCUT2D eigenvalue weighted by atomic mass is 10.4. The minimum atomic E-state index is 0.174. The van der Waals surface area contributed by atoms with E-state index in [1.807, 2.05) is 0 Å². The number of hydrazine groups is 1. The molecule has 0 spiro atoms. The predicted molar refractivity (Wildman–Crippen MR) is 39.2 cm³/mol. The summed E-state index contributed by atoms with van der Waals surface area (Å²) in [5.74, 6) is 5.14. The maximum absolute atomic E-state index is 5.25. The smallest absolute Gasteiger partial charge is 0.203 e. The summed E-state index contributed by atoms with van der Waals surface area (Å²) in [7, 11) is 0. The highest BCUT2D eigenvalue weighted by atomic mass is 16.5. The summed E-state index contributed by atoms with van der Waals surface area (Å²) in [4.78, 5) is 3.82. The van der Waals surface area contributed by atoms with Crippen molar-refractivity contribution in [2.24, 2.45) is 16.6 Å². The number of nitrogens with zero attached hydrogens (tertiary/aromatic N) is 2. The van der Waals surface area contributed by atoms with Gasteiger partial charge in [-0.05, 0) is 0 Å². The van der Waals surface area contributed by atoms with Crippen LogP contribution in [0.4, 0.5) is 0 Å². The highest BCUT2D eigenvalue weighted by molar-refractivity contribution is 5.76. The predicted octanol–water partition coefficient (Wildman–Crippen LogP) is -1.05. The zero-order valence-corrected chi connectivity index (χ0v) is 5.82. The first-order valence-corrected chi connectivity index (χ1v) is 2.98. The van der Waals surface area contributed by atoms with Crippen LogP contribution in [0.1, 0.15) is 5.69 Å². The number of hydrogen-bond acceptors (Lipinski definition) is 4. The molecule has 0 aliphatic rings. The molecule has 1 heterocycles. The summed E-state index contributed by atoms with van der Waals surface area (Å²) in [5.41, 5.74) is 8.15. The van der Waals surface area contributed by atoms with Gasteiger partial charge in [0, 0.05) is 6.07 Å². The molecule has 0 fully saturated rings. The van der Waals surface area contributed by atoms with Crippen molar-refractivity contribution < 1.29 is 4.52 Å². The van der Waals surface area contributed by atoms with Crippen molar-refractivity contribution in [2.75, 3.05) is 0 Å². The van der Waals surface area contributed by atoms with Crippen LogP contribution in [-0.4, -0.2) is 11.1 Å². The van der Waals surface area contributed by atoms with E-state index in [4.69, 9.17) is 11.6 Å². The third-order valence-electron chi connectivity index (χ3n) is 1.05. The van der Waals surface area contributed by atoms with Crippen LogP contribution < -0.4 is 17.0 Å². The first kappa shape index (κ1) is 7.55. The average molecular weight is 155 g/mol. The molecule has 0 aliphatic carbocycles. The Morgan fingerprint density at radius 1 is 1.82 bits per heavy atom. The lowest BCUT2D eigenvalue weighted by Gasteiger charge is -1.94. The van der Waals surface area contributed by atoms with Crippen LogP contribution in [0.25, 0.3) is 0 Å². The maximum atomic E-state index is 5.25. The van der Waals surface area contributed by atoms with Crippen LogP contribution in [0.5, 0.6) is 0 Å². The van der Waals surface area contributed by atoms with Gasteiger partial charge in [0.2, 0.25) is 5.96 Å². The molecule has 0 atom stereocenters. The normalized spacial score (nSPS) is 11.5. The van der Waals surface area contributed by atoms with Crippen molar-refractivity contribution in [3.8, 4) is 0 Å². The van der Waals surface area contributed by atoms with E-state index in [0.717, 1.165) is 0 Å². The zero-order chi connectivity index (χ0) is 8.10. The number of nitrogens with two attached hydrogens (primary N) is 2. The van der Waals surface area contributed by atoms with E-state index in [2.05, 4.69) is 20.1 Å². The van der Waals surface area contributed by atoms with E-state index in [9.17, 15) is 0 Å². The molecule has 0 radical (unpaired) electrons. The number of rotatable bonds is 2. The number of nitrogens with one attached hydrogen (secondary N) is 1. The van der Waals surface area contributed by atoms with Gasteiger partial charge < -0.3 is 10.3 Å². The number of aliphatic imine (C=N–C) groups is 1. The number of guanidine groups is 1. The van der Waals surface area contributed by atoms with E-state index in [1.165, 1.54) is 6.26 Å². The fourth-order valence-corrected chi connectivity index (χ4v) is 0.531. The van der Waals surface area contributed by atoms with Gasteiger partial charge in [-0.15, -0.1) is 0 Å². The Morgan fingerprint density at radius 2 is 2.64 bits per heavy atom. The summed E-state index contributed by atoms with van der Waals surface area (Å²) >= 11 is 0. The summed E-state index contributed by atoms with van der Waals surface area (Å²) in [6.07, 6.45) is 1.47. The Morgan fingerprint density at radius 3 is 3.18 bits per heavy atom. The molecule has 1 aromatic heterocycles. The van der Waals surface area contributed by atoms with Crippen molar-refractivity contribution in [3.05, 3.63) is 18.0 Å². The molecule has 0 aromatic carbocycles. The van der Waals surface area contributed by atoms with Crippen LogP contribution in [-0.2, 0) is 6.54 Å². The van der Waals surface area contributed by atoms with Crippen LogP contribution in [0.2, 0.25) is 0 Å². The topological polar surface area (TPSA) is 102 Å². The molecule has 6 heteroatoms. The van der Waals surface area contributed by atoms with Gasteiger partial charge in [-0.2, -0.15) is 0 Å². The van der Waals surface area contributed by atoms with Gasteiger partial charge >= 0.3 is 0 Å². The van der Waals surface area contributed by atoms with E-state index >= 15 is 0 Å². The highest BCUT2D eigenvalue weighted by Crippen LogP contribution is 1.95. The van der Waals surface area contributed by atoms with Crippen LogP contribution in [0, 0.1) is 0 Å². The second kappa shape index (κ2) is 3.57. The Labute approximate surface area is 63.2 Å². The fraction of sp³-hybridized carbons (Fsp3) is 0.200. The minimum absolute atomic E-state index is 0.174. The molecular weight excluding hydrogens is 146 g/mol. The molecule has 0 saturated carbocycles.